The summed E-state index contributed by atoms with van der Waals surface area (Å²) in [5.74, 6) is 0.404. The molecule has 74 valence electrons. The molecule has 0 aliphatic heterocycles. The summed E-state index contributed by atoms with van der Waals surface area (Å²) in [5.41, 5.74) is 0. The first-order chi connectivity index (χ1) is 5.61. The van der Waals surface area contributed by atoms with Crippen LogP contribution in [0, 0.1) is 5.92 Å². The zero-order valence-corrected chi connectivity index (χ0v) is 8.80. The van der Waals surface area contributed by atoms with Gasteiger partial charge in [0, 0.05) is 12.6 Å². The molecule has 0 radical (unpaired) electrons. The number of nitrogens with one attached hydrogen (secondary N) is 1. The Bertz CT molecular complexity index is 106. The van der Waals surface area contributed by atoms with E-state index < -0.39 is 0 Å². The number of aliphatic hydroxyl groups excluding tert-OH is 1. The van der Waals surface area contributed by atoms with Crippen molar-refractivity contribution < 1.29 is 5.11 Å². The minimum absolute atomic E-state index is 0.191. The molecule has 0 fully saturated rings. The second-order valence-corrected chi connectivity index (χ2v) is 3.67. The highest BCUT2D eigenvalue weighted by atomic mass is 16.3. The van der Waals surface area contributed by atoms with Gasteiger partial charge in [-0.15, -0.1) is 0 Å². The fourth-order valence-corrected chi connectivity index (χ4v) is 0.940. The van der Waals surface area contributed by atoms with Gasteiger partial charge in [-0.25, -0.2) is 0 Å². The summed E-state index contributed by atoms with van der Waals surface area (Å²) in [7, 11) is 0. The van der Waals surface area contributed by atoms with E-state index in [1.54, 1.807) is 0 Å². The fraction of sp³-hybridized carbons (Fsp3) is 1.00. The van der Waals surface area contributed by atoms with Crippen molar-refractivity contribution >= 4 is 0 Å². The highest BCUT2D eigenvalue weighted by molar-refractivity contribution is 4.68. The lowest BCUT2D eigenvalue weighted by atomic mass is 10.0. The molecule has 0 saturated heterocycles. The Morgan fingerprint density at radius 1 is 1.17 bits per heavy atom. The first-order valence-electron chi connectivity index (χ1n) is 5.03. The lowest BCUT2D eigenvalue weighted by Crippen LogP contribution is -2.36. The largest absolute Gasteiger partial charge is 0.392 e. The van der Waals surface area contributed by atoms with E-state index in [2.05, 4.69) is 33.0 Å². The first kappa shape index (κ1) is 11.9. The fourth-order valence-electron chi connectivity index (χ4n) is 0.940. The van der Waals surface area contributed by atoms with Crippen LogP contribution in [0.3, 0.4) is 0 Å². The van der Waals surface area contributed by atoms with Crippen molar-refractivity contribution in [2.45, 2.75) is 52.7 Å². The molecule has 0 aliphatic rings. The van der Waals surface area contributed by atoms with E-state index in [9.17, 15) is 5.11 Å². The molecule has 0 aromatic carbocycles. The molecule has 0 spiro atoms. The van der Waals surface area contributed by atoms with E-state index in [0.29, 0.717) is 12.0 Å². The van der Waals surface area contributed by atoms with E-state index in [1.807, 2.05) is 0 Å². The second kappa shape index (κ2) is 6.44. The molecular formula is C10H23NO. The monoisotopic (exact) mass is 173 g/mol. The summed E-state index contributed by atoms with van der Waals surface area (Å²) >= 11 is 0. The van der Waals surface area contributed by atoms with Crippen molar-refractivity contribution in [3.8, 4) is 0 Å². The van der Waals surface area contributed by atoms with Crippen LogP contribution in [0.5, 0.6) is 0 Å². The van der Waals surface area contributed by atoms with Crippen LogP contribution >= 0.6 is 0 Å². The third-order valence-corrected chi connectivity index (χ3v) is 2.59. The second-order valence-electron chi connectivity index (χ2n) is 3.67. The summed E-state index contributed by atoms with van der Waals surface area (Å²) in [6.45, 7) is 9.21. The third-order valence-electron chi connectivity index (χ3n) is 2.59. The normalized spacial score (nSPS) is 18.8. The Balaban J connectivity index is 3.49. The van der Waals surface area contributed by atoms with Gasteiger partial charge in [0.2, 0.25) is 0 Å². The molecule has 2 nitrogen and oxygen atoms in total. The zero-order chi connectivity index (χ0) is 9.56. The zero-order valence-electron chi connectivity index (χ0n) is 8.80. The van der Waals surface area contributed by atoms with Crippen molar-refractivity contribution in [1.82, 2.24) is 5.32 Å². The Morgan fingerprint density at radius 3 is 2.17 bits per heavy atom. The predicted octanol–water partition coefficient (Wildman–Crippen LogP) is 1.78. The number of hydrogen-bond donors (Lipinski definition) is 2. The average molecular weight is 173 g/mol. The minimum Gasteiger partial charge on any atom is -0.392 e. The Morgan fingerprint density at radius 2 is 1.75 bits per heavy atom. The van der Waals surface area contributed by atoms with Crippen LogP contribution < -0.4 is 5.32 Å². The Labute approximate surface area is 76.4 Å². The molecule has 0 aromatic rings. The molecular weight excluding hydrogens is 150 g/mol. The van der Waals surface area contributed by atoms with Crippen LogP contribution in [0.15, 0.2) is 0 Å². The maximum Gasteiger partial charge on any atom is 0.0690 e. The number of aliphatic hydroxyl groups is 1. The molecule has 0 rings (SSSR count). The maximum atomic E-state index is 9.60. The summed E-state index contributed by atoms with van der Waals surface area (Å²) in [4.78, 5) is 0. The molecule has 0 aromatic heterocycles. The van der Waals surface area contributed by atoms with Crippen LogP contribution in [0.25, 0.3) is 0 Å². The van der Waals surface area contributed by atoms with Crippen molar-refractivity contribution in [3.63, 3.8) is 0 Å². The summed E-state index contributed by atoms with van der Waals surface area (Å²) in [5, 5.41) is 12.9. The van der Waals surface area contributed by atoms with E-state index in [-0.39, 0.29) is 6.10 Å². The third kappa shape index (κ3) is 4.73. The van der Waals surface area contributed by atoms with Gasteiger partial charge in [0.25, 0.3) is 0 Å². The van der Waals surface area contributed by atoms with Crippen LogP contribution in [0.2, 0.25) is 0 Å². The van der Waals surface area contributed by atoms with E-state index in [4.69, 9.17) is 0 Å². The van der Waals surface area contributed by atoms with Crippen LogP contribution in [-0.4, -0.2) is 23.8 Å². The molecule has 3 atom stereocenters. The van der Waals surface area contributed by atoms with Crippen molar-refractivity contribution in [2.24, 2.45) is 5.92 Å². The SMILES string of the molecule is CCC(C)NCC(O)C(C)CC. The first-order valence-corrected chi connectivity index (χ1v) is 5.03. The highest BCUT2D eigenvalue weighted by Crippen LogP contribution is 2.06. The van der Waals surface area contributed by atoms with Crippen molar-refractivity contribution in [2.75, 3.05) is 6.54 Å². The summed E-state index contributed by atoms with van der Waals surface area (Å²) < 4.78 is 0. The Kier molecular flexibility index (Phi) is 6.39. The van der Waals surface area contributed by atoms with Crippen LogP contribution in [-0.2, 0) is 0 Å². The standard InChI is InChI=1S/C10H23NO/c1-5-8(3)10(12)7-11-9(4)6-2/h8-12H,5-7H2,1-4H3. The molecule has 12 heavy (non-hydrogen) atoms. The van der Waals surface area contributed by atoms with Gasteiger partial charge in [0.15, 0.2) is 0 Å². The molecule has 3 unspecified atom stereocenters. The van der Waals surface area contributed by atoms with Gasteiger partial charge in [-0.2, -0.15) is 0 Å². The van der Waals surface area contributed by atoms with Crippen LogP contribution in [0.4, 0.5) is 0 Å². The van der Waals surface area contributed by atoms with Crippen molar-refractivity contribution in [1.29, 1.82) is 0 Å². The average Bonchev–Trinajstić information content (AvgIpc) is 2.11. The Hall–Kier alpha value is -0.0800. The quantitative estimate of drug-likeness (QED) is 0.641. The molecule has 0 bridgehead atoms. The lowest BCUT2D eigenvalue weighted by Gasteiger charge is -2.20. The number of hydrogen-bond acceptors (Lipinski definition) is 2. The van der Waals surface area contributed by atoms with Gasteiger partial charge in [-0.1, -0.05) is 27.2 Å². The highest BCUT2D eigenvalue weighted by Gasteiger charge is 2.12. The van der Waals surface area contributed by atoms with Gasteiger partial charge in [0.1, 0.15) is 0 Å². The molecule has 0 heterocycles. The molecule has 2 heteroatoms. The van der Waals surface area contributed by atoms with Gasteiger partial charge in [-0.05, 0) is 19.3 Å². The van der Waals surface area contributed by atoms with Gasteiger partial charge < -0.3 is 10.4 Å². The summed E-state index contributed by atoms with van der Waals surface area (Å²) in [6, 6.07) is 0.517. The lowest BCUT2D eigenvalue weighted by molar-refractivity contribution is 0.110. The van der Waals surface area contributed by atoms with E-state index in [0.717, 1.165) is 19.4 Å². The van der Waals surface area contributed by atoms with Gasteiger partial charge in [-0.3, -0.25) is 0 Å². The van der Waals surface area contributed by atoms with Gasteiger partial charge in [0.05, 0.1) is 6.10 Å². The minimum atomic E-state index is -0.191. The van der Waals surface area contributed by atoms with Crippen LogP contribution in [0.1, 0.15) is 40.5 Å². The van der Waals surface area contributed by atoms with E-state index >= 15 is 0 Å². The summed E-state index contributed by atoms with van der Waals surface area (Å²) in [6.07, 6.45) is 1.97. The topological polar surface area (TPSA) is 32.3 Å². The predicted molar refractivity (Wildman–Crippen MR) is 53.2 cm³/mol. The molecule has 0 aliphatic carbocycles. The molecule has 2 N–H and O–H groups in total. The van der Waals surface area contributed by atoms with E-state index in [1.165, 1.54) is 0 Å². The maximum absolute atomic E-state index is 9.60. The molecule has 0 amide bonds. The van der Waals surface area contributed by atoms with Crippen molar-refractivity contribution in [3.05, 3.63) is 0 Å². The smallest absolute Gasteiger partial charge is 0.0690 e. The number of rotatable bonds is 6. The van der Waals surface area contributed by atoms with Gasteiger partial charge >= 0.3 is 0 Å². The molecule has 0 saturated carbocycles.